The molecule has 3 rings (SSSR count). The predicted molar refractivity (Wildman–Crippen MR) is 106 cm³/mol. The molecule has 1 atom stereocenters. The van der Waals surface area contributed by atoms with Gasteiger partial charge in [0.15, 0.2) is 0 Å². The third-order valence-corrected chi connectivity index (χ3v) is 5.66. The molecule has 0 heterocycles. The van der Waals surface area contributed by atoms with Gasteiger partial charge in [0, 0.05) is 22.9 Å². The summed E-state index contributed by atoms with van der Waals surface area (Å²) in [5.41, 5.74) is -1.75. The Morgan fingerprint density at radius 2 is 1.78 bits per heavy atom. The van der Waals surface area contributed by atoms with E-state index in [1.165, 1.54) is 19.1 Å². The number of carboxylic acids is 1. The van der Waals surface area contributed by atoms with Gasteiger partial charge in [0.05, 0.1) is 22.0 Å². The Morgan fingerprint density at radius 1 is 1.19 bits per heavy atom. The van der Waals surface area contributed by atoms with E-state index in [9.17, 15) is 31.1 Å². The van der Waals surface area contributed by atoms with Crippen LogP contribution in [0.25, 0.3) is 5.70 Å². The fourth-order valence-corrected chi connectivity index (χ4v) is 4.04. The first kappa shape index (κ1) is 23.7. The van der Waals surface area contributed by atoms with Crippen LogP contribution in [0.1, 0.15) is 38.2 Å². The van der Waals surface area contributed by atoms with Crippen molar-refractivity contribution in [2.75, 3.05) is 5.01 Å². The number of hydrogen-bond donors (Lipinski definition) is 3. The highest BCUT2D eigenvalue weighted by atomic mass is 35.5. The molecule has 0 saturated heterocycles. The third-order valence-electron chi connectivity index (χ3n) is 5.33. The van der Waals surface area contributed by atoms with Crippen molar-refractivity contribution in [1.82, 2.24) is 0 Å². The van der Waals surface area contributed by atoms with E-state index in [4.69, 9.17) is 28.3 Å². The fraction of sp³-hybridized carbons (Fsp3) is 0.250. The van der Waals surface area contributed by atoms with Gasteiger partial charge in [0.1, 0.15) is 0 Å². The summed E-state index contributed by atoms with van der Waals surface area (Å²) in [6, 6.07) is 4.46. The third kappa shape index (κ3) is 3.18. The van der Waals surface area contributed by atoms with Crippen LogP contribution in [-0.2, 0) is 11.6 Å². The van der Waals surface area contributed by atoms with Gasteiger partial charge in [-0.3, -0.25) is 5.01 Å². The summed E-state index contributed by atoms with van der Waals surface area (Å²) in [5.74, 6) is -0.253. The normalized spacial score (nSPS) is 19.9. The molecular weight excluding hydrogens is 464 g/mol. The van der Waals surface area contributed by atoms with Gasteiger partial charge in [-0.25, -0.2) is 15.0 Å². The summed E-state index contributed by atoms with van der Waals surface area (Å²) < 4.78 is 82.4. The molecule has 12 heteroatoms. The van der Waals surface area contributed by atoms with Crippen molar-refractivity contribution >= 4 is 29.0 Å². The minimum absolute atomic E-state index is 0.0208. The molecule has 0 radical (unpaired) electrons. The Kier molecular flexibility index (Phi) is 5.42. The topological polar surface area (TPSA) is 92.6 Å². The second-order valence-electron chi connectivity index (χ2n) is 7.31. The van der Waals surface area contributed by atoms with Crippen molar-refractivity contribution in [3.63, 3.8) is 0 Å². The number of hydrazine groups is 1. The van der Waals surface area contributed by atoms with E-state index >= 15 is 0 Å². The monoisotopic (exact) mass is 479 g/mol. The smallest absolute Gasteiger partial charge is 0.433 e. The largest absolute Gasteiger partial charge is 0.478 e. The molecule has 0 aromatic heterocycles. The fourth-order valence-electron chi connectivity index (χ4n) is 3.84. The van der Waals surface area contributed by atoms with Gasteiger partial charge < -0.3 is 10.8 Å². The predicted octanol–water partition coefficient (Wildman–Crippen LogP) is 5.12. The molecule has 2 aromatic carbocycles. The van der Waals surface area contributed by atoms with E-state index in [0.29, 0.717) is 6.07 Å². The molecule has 32 heavy (non-hydrogen) atoms. The molecule has 172 valence electrons. The number of fused-ring (bicyclic) bond motifs is 1. The van der Waals surface area contributed by atoms with Crippen LogP contribution in [-0.4, -0.2) is 17.3 Å². The van der Waals surface area contributed by atoms with E-state index in [2.05, 4.69) is 0 Å². The van der Waals surface area contributed by atoms with E-state index in [0.717, 1.165) is 24.2 Å². The quantitative estimate of drug-likeness (QED) is 0.321. The zero-order valence-corrected chi connectivity index (χ0v) is 17.2. The summed E-state index contributed by atoms with van der Waals surface area (Å²) in [4.78, 5) is 11.2. The second-order valence-corrected chi connectivity index (χ2v) is 7.71. The Morgan fingerprint density at radius 3 is 2.31 bits per heavy atom. The van der Waals surface area contributed by atoms with Gasteiger partial charge in [0.25, 0.3) is 5.67 Å². The Labute approximate surface area is 182 Å². The lowest BCUT2D eigenvalue weighted by Crippen LogP contribution is -2.59. The number of hydrogen-bond acceptors (Lipinski definition) is 4. The Hall–Kier alpha value is -2.92. The van der Waals surface area contributed by atoms with Crippen molar-refractivity contribution < 1.29 is 36.2 Å². The average Bonchev–Trinajstić information content (AvgIpc) is 2.65. The van der Waals surface area contributed by atoms with Crippen molar-refractivity contribution in [3.8, 4) is 0 Å². The van der Waals surface area contributed by atoms with Crippen molar-refractivity contribution in [1.29, 1.82) is 0 Å². The van der Waals surface area contributed by atoms with Crippen LogP contribution in [0.15, 0.2) is 30.5 Å². The highest BCUT2D eigenvalue weighted by Crippen LogP contribution is 2.67. The van der Waals surface area contributed by atoms with Crippen molar-refractivity contribution in [3.05, 3.63) is 68.9 Å². The van der Waals surface area contributed by atoms with Crippen molar-refractivity contribution in [2.45, 2.75) is 31.6 Å². The molecule has 2 aromatic rings. The first-order chi connectivity index (χ1) is 14.6. The Bertz CT molecular complexity index is 1160. The molecule has 0 saturated carbocycles. The van der Waals surface area contributed by atoms with Gasteiger partial charge in [-0.15, -0.1) is 0 Å². The summed E-state index contributed by atoms with van der Waals surface area (Å²) in [6.07, 6.45) is -4.74. The summed E-state index contributed by atoms with van der Waals surface area (Å²) >= 11 is 5.80. The van der Waals surface area contributed by atoms with Gasteiger partial charge in [-0.1, -0.05) is 17.7 Å². The average molecular weight is 480 g/mol. The number of aromatic carboxylic acids is 1. The molecule has 0 bridgehead atoms. The molecule has 0 spiro atoms. The number of aryl methyl sites for hydroxylation is 1. The molecule has 1 unspecified atom stereocenters. The summed E-state index contributed by atoms with van der Waals surface area (Å²) in [6.45, 7) is 2.40. The van der Waals surface area contributed by atoms with Crippen LogP contribution in [0.5, 0.6) is 0 Å². The highest BCUT2D eigenvalue weighted by Gasteiger charge is 2.80. The number of rotatable bonds is 4. The number of anilines is 1. The highest BCUT2D eigenvalue weighted by molar-refractivity contribution is 6.33. The van der Waals surface area contributed by atoms with E-state index in [-0.39, 0.29) is 38.7 Å². The number of carboxylic acid groups (broad SMARTS) is 1. The molecular formula is C20H16ClF6N3O2. The van der Waals surface area contributed by atoms with Gasteiger partial charge in [-0.2, -0.15) is 22.0 Å². The maximum absolute atomic E-state index is 14.4. The molecule has 0 fully saturated rings. The van der Waals surface area contributed by atoms with Crippen LogP contribution in [0, 0.1) is 13.8 Å². The SMILES string of the molecule is Cc1cc2c(c(C)c1/C(N)=C/N(N)c1ccc(Cl)c(C(=O)O)c1)C(F)(F)C2(F)C(F)(F)F. The minimum Gasteiger partial charge on any atom is -0.478 e. The van der Waals surface area contributed by atoms with E-state index in [1.54, 1.807) is 0 Å². The van der Waals surface area contributed by atoms with Gasteiger partial charge in [0.2, 0.25) is 0 Å². The van der Waals surface area contributed by atoms with Crippen LogP contribution >= 0.6 is 11.6 Å². The maximum Gasteiger partial charge on any atom is 0.433 e. The number of halogens is 7. The van der Waals surface area contributed by atoms with E-state index < -0.39 is 34.9 Å². The van der Waals surface area contributed by atoms with Crippen LogP contribution in [0.3, 0.4) is 0 Å². The van der Waals surface area contributed by atoms with Crippen LogP contribution in [0.4, 0.5) is 32.0 Å². The molecule has 0 amide bonds. The van der Waals surface area contributed by atoms with Gasteiger partial charge in [-0.05, 0) is 43.2 Å². The molecule has 5 nitrogen and oxygen atoms in total. The molecule has 1 aliphatic rings. The van der Waals surface area contributed by atoms with E-state index in [1.807, 2.05) is 0 Å². The number of nitrogens with zero attached hydrogens (tertiary/aromatic N) is 1. The lowest BCUT2D eigenvalue weighted by atomic mass is 9.67. The minimum atomic E-state index is -5.81. The number of benzene rings is 2. The number of nitrogens with two attached hydrogens (primary N) is 2. The number of carbonyl (C=O) groups is 1. The molecule has 1 aliphatic carbocycles. The number of alkyl halides is 6. The summed E-state index contributed by atoms with van der Waals surface area (Å²) in [5, 5.41) is 9.99. The first-order valence-corrected chi connectivity index (χ1v) is 9.26. The van der Waals surface area contributed by atoms with Gasteiger partial charge >= 0.3 is 18.1 Å². The first-order valence-electron chi connectivity index (χ1n) is 8.88. The zero-order valence-electron chi connectivity index (χ0n) is 16.5. The second kappa shape index (κ2) is 7.31. The zero-order chi connectivity index (χ0) is 24.4. The standard InChI is InChI=1S/C20H16ClF6N3O2/c1-8-5-12-16(19(23,24)18(12,22)20(25,26)27)9(2)15(8)14(28)7-30(29)10-3-4-13(21)11(6-10)17(31)32/h3-7H,28-29H2,1-2H3,(H,31,32)/b14-7-. The molecule has 5 N–H and O–H groups in total. The maximum atomic E-state index is 14.4. The lowest BCUT2D eigenvalue weighted by Gasteiger charge is -2.46. The van der Waals surface area contributed by atoms with Crippen LogP contribution < -0.4 is 16.6 Å². The van der Waals surface area contributed by atoms with Crippen LogP contribution in [0.2, 0.25) is 5.02 Å². The Balaban J connectivity index is 2.09. The van der Waals surface area contributed by atoms with Crippen molar-refractivity contribution in [2.24, 2.45) is 11.6 Å². The molecule has 0 aliphatic heterocycles. The summed E-state index contributed by atoms with van der Waals surface area (Å²) in [7, 11) is 0. The lowest BCUT2D eigenvalue weighted by molar-refractivity contribution is -0.333.